The molecule has 84 valence electrons. The summed E-state index contributed by atoms with van der Waals surface area (Å²) in [6.07, 6.45) is 2.88. The van der Waals surface area contributed by atoms with Crippen molar-refractivity contribution in [1.29, 1.82) is 0 Å². The van der Waals surface area contributed by atoms with Crippen molar-refractivity contribution < 1.29 is 0 Å². The van der Waals surface area contributed by atoms with Gasteiger partial charge in [-0.15, -0.1) is 4.91 Å². The maximum absolute atomic E-state index is 10.5. The van der Waals surface area contributed by atoms with E-state index in [1.807, 2.05) is 12.1 Å². The Morgan fingerprint density at radius 1 is 1.38 bits per heavy atom. The van der Waals surface area contributed by atoms with Gasteiger partial charge in [0.25, 0.3) is 0 Å². The lowest BCUT2D eigenvalue weighted by Gasteiger charge is -2.53. The van der Waals surface area contributed by atoms with Gasteiger partial charge in [-0.05, 0) is 34.5 Å². The summed E-state index contributed by atoms with van der Waals surface area (Å²) in [5.74, 6) is 0.975. The van der Waals surface area contributed by atoms with E-state index in [0.717, 1.165) is 29.8 Å². The Hall–Kier alpha value is -1.17. The summed E-state index contributed by atoms with van der Waals surface area (Å²) in [6.45, 7) is 1.69. The molecule has 1 aromatic rings. The van der Waals surface area contributed by atoms with Gasteiger partial charge in [-0.1, -0.05) is 0 Å². The molecule has 5 nitrogen and oxygen atoms in total. The molecule has 4 rings (SSSR count). The lowest BCUT2D eigenvalue weighted by Crippen LogP contribution is -2.66. The third kappa shape index (κ3) is 1.48. The first-order valence-electron chi connectivity index (χ1n) is 5.26. The van der Waals surface area contributed by atoms with Crippen molar-refractivity contribution in [3.63, 3.8) is 0 Å². The van der Waals surface area contributed by atoms with Gasteiger partial charge in [0.15, 0.2) is 0 Å². The van der Waals surface area contributed by atoms with Crippen LogP contribution in [0.1, 0.15) is 6.42 Å². The van der Waals surface area contributed by atoms with E-state index in [0.29, 0.717) is 0 Å². The third-order valence-corrected chi connectivity index (χ3v) is 3.75. The van der Waals surface area contributed by atoms with E-state index in [4.69, 9.17) is 0 Å². The van der Waals surface area contributed by atoms with Gasteiger partial charge < -0.3 is 4.90 Å². The van der Waals surface area contributed by atoms with Crippen LogP contribution in [0.15, 0.2) is 28.1 Å². The molecule has 0 N–H and O–H groups in total. The minimum Gasteiger partial charge on any atom is -0.352 e. The van der Waals surface area contributed by atoms with E-state index in [9.17, 15) is 4.91 Å². The van der Waals surface area contributed by atoms with Crippen LogP contribution in [-0.2, 0) is 0 Å². The van der Waals surface area contributed by atoms with Crippen molar-refractivity contribution in [1.82, 2.24) is 9.99 Å². The maximum atomic E-state index is 10.5. The SMILES string of the molecule is O=NN1C2CC1CN(c1ccc(Br)cn1)C2. The fraction of sp³-hybridized carbons (Fsp3) is 0.500. The maximum Gasteiger partial charge on any atom is 0.128 e. The first kappa shape index (κ1) is 10.0. The third-order valence-electron chi connectivity index (χ3n) is 3.28. The Morgan fingerprint density at radius 3 is 2.69 bits per heavy atom. The molecule has 16 heavy (non-hydrogen) atoms. The van der Waals surface area contributed by atoms with Crippen molar-refractivity contribution >= 4 is 21.7 Å². The van der Waals surface area contributed by atoms with Gasteiger partial charge in [0.05, 0.1) is 17.4 Å². The van der Waals surface area contributed by atoms with Crippen molar-refractivity contribution in [3.8, 4) is 0 Å². The lowest BCUT2D eigenvalue weighted by molar-refractivity contribution is -0.000480. The normalized spacial score (nSPS) is 27.6. The van der Waals surface area contributed by atoms with Crippen LogP contribution >= 0.6 is 15.9 Å². The number of piperidine rings is 1. The number of rotatable bonds is 2. The van der Waals surface area contributed by atoms with Crippen LogP contribution in [0.3, 0.4) is 0 Å². The number of nitroso groups, excluding NO2 is 1. The highest BCUT2D eigenvalue weighted by Crippen LogP contribution is 2.34. The Kier molecular flexibility index (Phi) is 2.31. The van der Waals surface area contributed by atoms with E-state index in [1.54, 1.807) is 11.2 Å². The molecular weight excluding hydrogens is 272 g/mol. The van der Waals surface area contributed by atoms with E-state index < -0.39 is 0 Å². The molecule has 3 saturated heterocycles. The summed E-state index contributed by atoms with van der Waals surface area (Å²) >= 11 is 3.37. The van der Waals surface area contributed by atoms with Gasteiger partial charge >= 0.3 is 0 Å². The largest absolute Gasteiger partial charge is 0.352 e. The average Bonchev–Trinajstić information content (AvgIpc) is 2.30. The number of fused-ring (bicyclic) bond motifs is 2. The summed E-state index contributed by atoms with van der Waals surface area (Å²) in [6, 6.07) is 4.54. The monoisotopic (exact) mass is 282 g/mol. The summed E-state index contributed by atoms with van der Waals surface area (Å²) in [5.41, 5.74) is 0. The topological polar surface area (TPSA) is 48.8 Å². The molecule has 3 fully saturated rings. The second-order valence-corrected chi connectivity index (χ2v) is 5.16. The molecule has 3 aliphatic heterocycles. The van der Waals surface area contributed by atoms with Gasteiger partial charge in [0, 0.05) is 23.8 Å². The molecule has 0 aromatic carbocycles. The molecule has 2 unspecified atom stereocenters. The highest BCUT2D eigenvalue weighted by molar-refractivity contribution is 9.10. The molecule has 0 amide bonds. The number of pyridine rings is 1. The van der Waals surface area contributed by atoms with E-state index in [-0.39, 0.29) is 12.1 Å². The number of nitrogens with zero attached hydrogens (tertiary/aromatic N) is 4. The van der Waals surface area contributed by atoms with Gasteiger partial charge in [0.1, 0.15) is 5.82 Å². The standard InChI is InChI=1S/C10H11BrN4O/c11-7-1-2-10(12-4-7)14-5-8-3-9(6-14)15(8)13-16/h1-2,4,8-9H,3,5-6H2. The minimum absolute atomic E-state index is 0.279. The zero-order chi connectivity index (χ0) is 11.1. The Bertz CT molecular complexity index is 398. The number of hydrogen-bond acceptors (Lipinski definition) is 4. The summed E-state index contributed by atoms with van der Waals surface area (Å²) in [4.78, 5) is 17.1. The first-order valence-corrected chi connectivity index (χ1v) is 6.05. The summed E-state index contributed by atoms with van der Waals surface area (Å²) < 4.78 is 0.981. The Labute approximate surface area is 102 Å². The second-order valence-electron chi connectivity index (χ2n) is 4.24. The predicted octanol–water partition coefficient (Wildman–Crippen LogP) is 1.79. The first-order chi connectivity index (χ1) is 7.78. The molecule has 4 heterocycles. The van der Waals surface area contributed by atoms with Crippen LogP contribution in [0.2, 0.25) is 0 Å². The highest BCUT2D eigenvalue weighted by atomic mass is 79.9. The zero-order valence-electron chi connectivity index (χ0n) is 8.58. The fourth-order valence-corrected chi connectivity index (χ4v) is 2.70. The molecule has 6 heteroatoms. The number of hydrogen-bond donors (Lipinski definition) is 0. The molecular formula is C10H11BrN4O. The van der Waals surface area contributed by atoms with Crippen LogP contribution in [0.4, 0.5) is 5.82 Å². The fourth-order valence-electron chi connectivity index (χ4n) is 2.47. The van der Waals surface area contributed by atoms with Crippen molar-refractivity contribution in [2.24, 2.45) is 5.29 Å². The second kappa shape index (κ2) is 3.69. The smallest absolute Gasteiger partial charge is 0.128 e. The summed E-state index contributed by atoms with van der Waals surface area (Å²) in [5, 5.41) is 4.73. The van der Waals surface area contributed by atoms with Gasteiger partial charge in [-0.2, -0.15) is 0 Å². The molecule has 0 aliphatic carbocycles. The molecule has 3 aliphatic rings. The number of halogens is 1. The van der Waals surface area contributed by atoms with Crippen LogP contribution in [-0.4, -0.2) is 35.2 Å². The zero-order valence-corrected chi connectivity index (χ0v) is 10.2. The average molecular weight is 283 g/mol. The lowest BCUT2D eigenvalue weighted by atomic mass is 9.90. The van der Waals surface area contributed by atoms with Gasteiger partial charge in [-0.3, -0.25) is 5.01 Å². The molecule has 2 atom stereocenters. The Balaban J connectivity index is 1.75. The van der Waals surface area contributed by atoms with E-state index in [2.05, 4.69) is 31.1 Å². The molecule has 0 radical (unpaired) electrons. The highest BCUT2D eigenvalue weighted by Gasteiger charge is 2.45. The minimum atomic E-state index is 0.279. The van der Waals surface area contributed by atoms with Crippen molar-refractivity contribution in [2.45, 2.75) is 18.5 Å². The molecule has 1 aromatic heterocycles. The predicted molar refractivity (Wildman–Crippen MR) is 64.0 cm³/mol. The van der Waals surface area contributed by atoms with Crippen molar-refractivity contribution in [2.75, 3.05) is 18.0 Å². The number of aromatic nitrogens is 1. The van der Waals surface area contributed by atoms with Gasteiger partial charge in [-0.25, -0.2) is 4.98 Å². The van der Waals surface area contributed by atoms with E-state index >= 15 is 0 Å². The summed E-state index contributed by atoms with van der Waals surface area (Å²) in [7, 11) is 0. The number of anilines is 1. The van der Waals surface area contributed by atoms with Gasteiger partial charge in [0.2, 0.25) is 0 Å². The molecule has 0 spiro atoms. The molecule has 2 bridgehead atoms. The van der Waals surface area contributed by atoms with E-state index in [1.165, 1.54) is 0 Å². The van der Waals surface area contributed by atoms with Crippen LogP contribution in [0.5, 0.6) is 0 Å². The van der Waals surface area contributed by atoms with Crippen LogP contribution in [0, 0.1) is 4.91 Å². The van der Waals surface area contributed by atoms with Crippen molar-refractivity contribution in [3.05, 3.63) is 27.7 Å². The Morgan fingerprint density at radius 2 is 2.12 bits per heavy atom. The number of piperazine rings is 1. The van der Waals surface area contributed by atoms with Crippen LogP contribution in [0.25, 0.3) is 0 Å². The quantitative estimate of drug-likeness (QED) is 0.776. The molecule has 0 saturated carbocycles. The van der Waals surface area contributed by atoms with Crippen LogP contribution < -0.4 is 4.90 Å².